The molecule has 0 bridgehead atoms. The number of rotatable bonds is 4. The Morgan fingerprint density at radius 1 is 0.457 bits per heavy atom. The van der Waals surface area contributed by atoms with Crippen LogP contribution in [0.25, 0.3) is 76.1 Å². The van der Waals surface area contributed by atoms with Crippen LogP contribution in [0, 0.1) is 0 Å². The molecule has 0 amide bonds. The lowest BCUT2D eigenvalue weighted by molar-refractivity contribution is 0.661. The van der Waals surface area contributed by atoms with Gasteiger partial charge in [0.15, 0.2) is 0 Å². The molecule has 2 aromatic heterocycles. The molecule has 0 spiro atoms. The zero-order valence-electron chi connectivity index (χ0n) is 25.8. The predicted molar refractivity (Wildman–Crippen MR) is 196 cm³/mol. The molecule has 1 aliphatic carbocycles. The zero-order valence-corrected chi connectivity index (χ0v) is 26.6. The van der Waals surface area contributed by atoms with Crippen molar-refractivity contribution in [1.82, 2.24) is 4.98 Å². The standard InChI is InChI=1S/C44H31NS/c1-44(2)37-23-21-30(25-36(37)42-38(44)24-22-35-34-19-11-12-20-41(34)46-43(35)42)32-17-9-10-18-33(32)31-26-39(28-13-5-3-6-14-28)45-40(27-31)29-15-7-4-8-16-29/h3-27H,1-2H3. The van der Waals surface area contributed by atoms with Crippen molar-refractivity contribution in [3.63, 3.8) is 0 Å². The maximum absolute atomic E-state index is 5.14. The molecule has 0 aliphatic heterocycles. The second-order valence-electron chi connectivity index (χ2n) is 12.8. The van der Waals surface area contributed by atoms with Crippen molar-refractivity contribution in [2.24, 2.45) is 0 Å². The van der Waals surface area contributed by atoms with Crippen LogP contribution in [0.1, 0.15) is 25.0 Å². The lowest BCUT2D eigenvalue weighted by atomic mass is 9.82. The zero-order chi connectivity index (χ0) is 30.8. The van der Waals surface area contributed by atoms with Crippen molar-refractivity contribution in [3.05, 3.63) is 163 Å². The molecule has 2 heterocycles. The molecule has 0 N–H and O–H groups in total. The van der Waals surface area contributed by atoms with E-state index in [0.29, 0.717) is 0 Å². The Morgan fingerprint density at radius 2 is 1.04 bits per heavy atom. The monoisotopic (exact) mass is 605 g/mol. The van der Waals surface area contributed by atoms with Crippen molar-refractivity contribution >= 4 is 31.5 Å². The molecule has 0 unspecified atom stereocenters. The van der Waals surface area contributed by atoms with Gasteiger partial charge in [0.05, 0.1) is 11.4 Å². The minimum atomic E-state index is -0.0622. The quantitative estimate of drug-likeness (QED) is 0.194. The Bertz CT molecular complexity index is 2380. The summed E-state index contributed by atoms with van der Waals surface area (Å²) in [6.07, 6.45) is 0. The van der Waals surface area contributed by atoms with E-state index in [1.165, 1.54) is 59.1 Å². The van der Waals surface area contributed by atoms with E-state index >= 15 is 0 Å². The third-order valence-electron chi connectivity index (χ3n) is 9.70. The Hall–Kier alpha value is -5.31. The minimum Gasteiger partial charge on any atom is -0.248 e. The van der Waals surface area contributed by atoms with Crippen LogP contribution in [0.3, 0.4) is 0 Å². The summed E-state index contributed by atoms with van der Waals surface area (Å²) in [5.74, 6) is 0. The van der Waals surface area contributed by atoms with Crippen LogP contribution in [-0.4, -0.2) is 4.98 Å². The van der Waals surface area contributed by atoms with Gasteiger partial charge in [-0.3, -0.25) is 0 Å². The van der Waals surface area contributed by atoms with Crippen LogP contribution in [0.4, 0.5) is 0 Å². The first-order chi connectivity index (χ1) is 22.6. The smallest absolute Gasteiger partial charge is 0.0715 e. The number of hydrogen-bond donors (Lipinski definition) is 0. The van der Waals surface area contributed by atoms with E-state index in [-0.39, 0.29) is 5.41 Å². The van der Waals surface area contributed by atoms with Crippen LogP contribution < -0.4 is 0 Å². The van der Waals surface area contributed by atoms with E-state index in [2.05, 4.69) is 166 Å². The largest absolute Gasteiger partial charge is 0.248 e. The summed E-state index contributed by atoms with van der Waals surface area (Å²) in [6, 6.07) is 55.0. The molecular weight excluding hydrogens is 575 g/mol. The molecule has 0 fully saturated rings. The molecule has 0 radical (unpaired) electrons. The van der Waals surface area contributed by atoms with Gasteiger partial charge in [-0.05, 0) is 63.2 Å². The van der Waals surface area contributed by atoms with Crippen molar-refractivity contribution in [2.75, 3.05) is 0 Å². The second kappa shape index (κ2) is 10.4. The normalized spacial score (nSPS) is 13.2. The average Bonchev–Trinajstić information content (AvgIpc) is 3.60. The highest BCUT2D eigenvalue weighted by molar-refractivity contribution is 7.26. The van der Waals surface area contributed by atoms with Gasteiger partial charge in [-0.15, -0.1) is 11.3 Å². The summed E-state index contributed by atoms with van der Waals surface area (Å²) >= 11 is 1.93. The van der Waals surface area contributed by atoms with E-state index in [0.717, 1.165) is 28.1 Å². The number of pyridine rings is 1. The van der Waals surface area contributed by atoms with Gasteiger partial charge in [-0.2, -0.15) is 0 Å². The van der Waals surface area contributed by atoms with Crippen molar-refractivity contribution in [1.29, 1.82) is 0 Å². The third kappa shape index (κ3) is 4.18. The summed E-state index contributed by atoms with van der Waals surface area (Å²) in [5.41, 5.74) is 14.5. The molecular formula is C44H31NS. The summed E-state index contributed by atoms with van der Waals surface area (Å²) in [5, 5.41) is 2.70. The maximum Gasteiger partial charge on any atom is 0.0715 e. The molecule has 2 heteroatoms. The molecule has 1 nitrogen and oxygen atoms in total. The lowest BCUT2D eigenvalue weighted by Gasteiger charge is -2.21. The van der Waals surface area contributed by atoms with Crippen LogP contribution in [0.5, 0.6) is 0 Å². The van der Waals surface area contributed by atoms with E-state index in [9.17, 15) is 0 Å². The molecule has 6 aromatic carbocycles. The molecule has 0 saturated heterocycles. The van der Waals surface area contributed by atoms with Crippen LogP contribution in [0.2, 0.25) is 0 Å². The van der Waals surface area contributed by atoms with Gasteiger partial charge in [-0.1, -0.05) is 141 Å². The Balaban J connectivity index is 1.25. The van der Waals surface area contributed by atoms with E-state index in [1.807, 2.05) is 11.3 Å². The molecule has 0 saturated carbocycles. The second-order valence-corrected chi connectivity index (χ2v) is 13.8. The van der Waals surface area contributed by atoms with Crippen LogP contribution in [-0.2, 0) is 5.41 Å². The number of thiophene rings is 1. The number of fused-ring (bicyclic) bond motifs is 7. The Morgan fingerprint density at radius 3 is 1.74 bits per heavy atom. The average molecular weight is 606 g/mol. The first-order valence-corrected chi connectivity index (χ1v) is 16.7. The number of nitrogens with zero attached hydrogens (tertiary/aromatic N) is 1. The minimum absolute atomic E-state index is 0.0622. The first kappa shape index (κ1) is 27.0. The SMILES string of the molecule is CC1(C)c2ccc(-c3ccccc3-c3cc(-c4ccccc4)nc(-c4ccccc4)c3)cc2-c2c1ccc1c2sc2ccccc21. The van der Waals surface area contributed by atoms with Crippen LogP contribution in [0.15, 0.2) is 152 Å². The molecule has 0 atom stereocenters. The summed E-state index contributed by atoms with van der Waals surface area (Å²) in [6.45, 7) is 4.75. The summed E-state index contributed by atoms with van der Waals surface area (Å²) in [4.78, 5) is 5.14. The van der Waals surface area contributed by atoms with Gasteiger partial charge in [-0.25, -0.2) is 4.98 Å². The van der Waals surface area contributed by atoms with Crippen molar-refractivity contribution in [2.45, 2.75) is 19.3 Å². The van der Waals surface area contributed by atoms with Crippen LogP contribution >= 0.6 is 11.3 Å². The topological polar surface area (TPSA) is 12.9 Å². The molecule has 9 rings (SSSR count). The Kier molecular flexibility index (Phi) is 6.10. The van der Waals surface area contributed by atoms with Gasteiger partial charge >= 0.3 is 0 Å². The van der Waals surface area contributed by atoms with Gasteiger partial charge in [0.2, 0.25) is 0 Å². The highest BCUT2D eigenvalue weighted by Gasteiger charge is 2.37. The van der Waals surface area contributed by atoms with Gasteiger partial charge < -0.3 is 0 Å². The predicted octanol–water partition coefficient (Wildman–Crippen LogP) is 12.4. The molecule has 46 heavy (non-hydrogen) atoms. The first-order valence-electron chi connectivity index (χ1n) is 15.9. The number of benzene rings is 6. The summed E-state index contributed by atoms with van der Waals surface area (Å²) < 4.78 is 2.74. The van der Waals surface area contributed by atoms with E-state index in [4.69, 9.17) is 4.98 Å². The highest BCUT2D eigenvalue weighted by atomic mass is 32.1. The molecule has 218 valence electrons. The van der Waals surface area contributed by atoms with Gasteiger partial charge in [0, 0.05) is 42.3 Å². The molecule has 1 aliphatic rings. The van der Waals surface area contributed by atoms with Gasteiger partial charge in [0.25, 0.3) is 0 Å². The maximum atomic E-state index is 5.14. The summed E-state index contributed by atoms with van der Waals surface area (Å²) in [7, 11) is 0. The fraction of sp³-hybridized carbons (Fsp3) is 0.0682. The van der Waals surface area contributed by atoms with E-state index < -0.39 is 0 Å². The highest BCUT2D eigenvalue weighted by Crippen LogP contribution is 2.54. The fourth-order valence-corrected chi connectivity index (χ4v) is 8.64. The fourth-order valence-electron chi connectivity index (χ4n) is 7.37. The van der Waals surface area contributed by atoms with E-state index in [1.54, 1.807) is 0 Å². The number of hydrogen-bond acceptors (Lipinski definition) is 2. The van der Waals surface area contributed by atoms with Crippen molar-refractivity contribution < 1.29 is 0 Å². The molecule has 8 aromatic rings. The Labute approximate surface area is 273 Å². The van der Waals surface area contributed by atoms with Crippen molar-refractivity contribution in [3.8, 4) is 55.9 Å². The third-order valence-corrected chi connectivity index (χ3v) is 10.9. The lowest BCUT2D eigenvalue weighted by Crippen LogP contribution is -2.14. The van der Waals surface area contributed by atoms with Gasteiger partial charge in [0.1, 0.15) is 0 Å². The number of aromatic nitrogens is 1.